The predicted octanol–water partition coefficient (Wildman–Crippen LogP) is -0.0322. The van der Waals surface area contributed by atoms with E-state index in [1.54, 1.807) is 0 Å². The number of carbonyl (C=O) groups is 1. The van der Waals surface area contributed by atoms with Gasteiger partial charge in [0.25, 0.3) is 5.91 Å². The van der Waals surface area contributed by atoms with Gasteiger partial charge < -0.3 is 0 Å². The molecule has 0 aromatic carbocycles. The van der Waals surface area contributed by atoms with Crippen molar-refractivity contribution >= 4 is 5.91 Å². The molecule has 0 radical (unpaired) electrons. The molecule has 0 aliphatic heterocycles. The first-order valence-corrected chi connectivity index (χ1v) is 3.00. The molecule has 0 atom stereocenters. The van der Waals surface area contributed by atoms with Crippen LogP contribution in [0.3, 0.4) is 0 Å². The maximum Gasteiger partial charge on any atom is 0.263 e. The summed E-state index contributed by atoms with van der Waals surface area (Å²) in [5.74, 6) is -0.322. The minimum Gasteiger partial charge on any atom is -0.277 e. The first-order valence-electron chi connectivity index (χ1n) is 3.00. The molecular weight excluding hydrogens is 132 g/mol. The molecule has 1 amide bonds. The number of amides is 1. The van der Waals surface area contributed by atoms with Crippen LogP contribution in [0.2, 0.25) is 0 Å². The lowest BCUT2D eigenvalue weighted by Gasteiger charge is -2.03. The van der Waals surface area contributed by atoms with E-state index in [9.17, 15) is 4.79 Å². The molecule has 1 saturated carbocycles. The van der Waals surface area contributed by atoms with Crippen LogP contribution in [0.5, 0.6) is 0 Å². The lowest BCUT2D eigenvalue weighted by molar-refractivity contribution is -0.134. The normalized spacial score (nSPS) is 19.2. The van der Waals surface area contributed by atoms with Crippen LogP contribution in [0.15, 0.2) is 0 Å². The van der Waals surface area contributed by atoms with Gasteiger partial charge in [0.05, 0.1) is 13.2 Å². The van der Waals surface area contributed by atoms with E-state index in [4.69, 9.17) is 5.26 Å². The standard InChI is InChI=1S/C6H8N2O2/c1-10-8-5(9)6(4-7)2-3-6/h2-3H2,1H3,(H,8,9). The highest BCUT2D eigenvalue weighted by atomic mass is 16.6. The Labute approximate surface area is 58.7 Å². The molecule has 1 aliphatic carbocycles. The van der Waals surface area contributed by atoms with Crippen molar-refractivity contribution < 1.29 is 9.63 Å². The van der Waals surface area contributed by atoms with Gasteiger partial charge in [-0.2, -0.15) is 5.26 Å². The second-order valence-corrected chi connectivity index (χ2v) is 2.33. The van der Waals surface area contributed by atoms with Crippen molar-refractivity contribution in [3.8, 4) is 6.07 Å². The van der Waals surface area contributed by atoms with E-state index in [1.807, 2.05) is 6.07 Å². The minimum absolute atomic E-state index is 0.322. The van der Waals surface area contributed by atoms with Gasteiger partial charge in [-0.3, -0.25) is 9.63 Å². The molecular formula is C6H8N2O2. The molecule has 1 rings (SSSR count). The number of hydroxylamine groups is 1. The van der Waals surface area contributed by atoms with Crippen molar-refractivity contribution in [2.75, 3.05) is 7.11 Å². The van der Waals surface area contributed by atoms with Crippen molar-refractivity contribution in [3.63, 3.8) is 0 Å². The number of hydrogen-bond acceptors (Lipinski definition) is 3. The maximum absolute atomic E-state index is 10.9. The zero-order chi connectivity index (χ0) is 7.61. The van der Waals surface area contributed by atoms with Gasteiger partial charge in [-0.25, -0.2) is 5.48 Å². The molecule has 0 heterocycles. The van der Waals surface area contributed by atoms with Crippen LogP contribution in [-0.2, 0) is 9.63 Å². The quantitative estimate of drug-likeness (QED) is 0.548. The van der Waals surface area contributed by atoms with Gasteiger partial charge in [0.2, 0.25) is 0 Å². The summed E-state index contributed by atoms with van der Waals surface area (Å²) in [6, 6.07) is 1.94. The second kappa shape index (κ2) is 2.27. The van der Waals surface area contributed by atoms with E-state index in [-0.39, 0.29) is 5.91 Å². The minimum atomic E-state index is -0.768. The van der Waals surface area contributed by atoms with Gasteiger partial charge in [0.15, 0.2) is 0 Å². The molecule has 0 aromatic rings. The number of rotatable bonds is 2. The Kier molecular flexibility index (Phi) is 1.60. The first-order chi connectivity index (χ1) is 4.75. The van der Waals surface area contributed by atoms with Crippen LogP contribution in [0, 0.1) is 16.7 Å². The topological polar surface area (TPSA) is 62.1 Å². The number of nitriles is 1. The zero-order valence-electron chi connectivity index (χ0n) is 5.68. The number of hydrogen-bond donors (Lipinski definition) is 1. The monoisotopic (exact) mass is 140 g/mol. The summed E-state index contributed by atoms with van der Waals surface area (Å²) in [7, 11) is 1.35. The Morgan fingerprint density at radius 2 is 2.40 bits per heavy atom. The summed E-state index contributed by atoms with van der Waals surface area (Å²) in [5.41, 5.74) is 1.37. The SMILES string of the molecule is CONC(=O)C1(C#N)CC1. The van der Waals surface area contributed by atoms with Gasteiger partial charge in [-0.1, -0.05) is 0 Å². The molecule has 1 fully saturated rings. The summed E-state index contributed by atoms with van der Waals surface area (Å²) in [4.78, 5) is 15.3. The van der Waals surface area contributed by atoms with Crippen molar-refractivity contribution in [1.82, 2.24) is 5.48 Å². The smallest absolute Gasteiger partial charge is 0.263 e. The van der Waals surface area contributed by atoms with E-state index >= 15 is 0 Å². The fourth-order valence-corrected chi connectivity index (χ4v) is 0.705. The highest BCUT2D eigenvalue weighted by Crippen LogP contribution is 2.44. The highest BCUT2D eigenvalue weighted by molar-refractivity contribution is 5.87. The average molecular weight is 140 g/mol. The van der Waals surface area contributed by atoms with E-state index in [1.165, 1.54) is 7.11 Å². The predicted molar refractivity (Wildman–Crippen MR) is 32.4 cm³/mol. The van der Waals surface area contributed by atoms with Crippen LogP contribution in [0.1, 0.15) is 12.8 Å². The van der Waals surface area contributed by atoms with Crippen LogP contribution in [0.25, 0.3) is 0 Å². The Balaban J connectivity index is 2.50. The van der Waals surface area contributed by atoms with E-state index in [2.05, 4.69) is 10.3 Å². The molecule has 1 aliphatic rings. The molecule has 0 bridgehead atoms. The summed E-state index contributed by atoms with van der Waals surface area (Å²) in [6.45, 7) is 0. The lowest BCUT2D eigenvalue weighted by atomic mass is 10.1. The van der Waals surface area contributed by atoms with Crippen molar-refractivity contribution in [1.29, 1.82) is 5.26 Å². The molecule has 54 valence electrons. The van der Waals surface area contributed by atoms with Crippen LogP contribution in [-0.4, -0.2) is 13.0 Å². The van der Waals surface area contributed by atoms with Gasteiger partial charge in [-0.15, -0.1) is 0 Å². The summed E-state index contributed by atoms with van der Waals surface area (Å²) in [6.07, 6.45) is 1.30. The second-order valence-electron chi connectivity index (χ2n) is 2.33. The van der Waals surface area contributed by atoms with Crippen LogP contribution in [0.4, 0.5) is 0 Å². The lowest BCUT2D eigenvalue weighted by Crippen LogP contribution is -2.30. The number of carbonyl (C=O) groups excluding carboxylic acids is 1. The third-order valence-electron chi connectivity index (χ3n) is 1.59. The third-order valence-corrected chi connectivity index (χ3v) is 1.59. The molecule has 4 nitrogen and oxygen atoms in total. The van der Waals surface area contributed by atoms with E-state index in [0.717, 1.165) is 0 Å². The average Bonchev–Trinajstić information content (AvgIpc) is 2.68. The maximum atomic E-state index is 10.9. The Hall–Kier alpha value is -1.08. The summed E-state index contributed by atoms with van der Waals surface area (Å²) >= 11 is 0. The molecule has 0 spiro atoms. The molecule has 1 N–H and O–H groups in total. The van der Waals surface area contributed by atoms with Gasteiger partial charge >= 0.3 is 0 Å². The van der Waals surface area contributed by atoms with Crippen molar-refractivity contribution in [3.05, 3.63) is 0 Å². The van der Waals surface area contributed by atoms with Gasteiger partial charge in [0, 0.05) is 0 Å². The number of nitrogens with one attached hydrogen (secondary N) is 1. The van der Waals surface area contributed by atoms with Crippen molar-refractivity contribution in [2.24, 2.45) is 5.41 Å². The fourth-order valence-electron chi connectivity index (χ4n) is 0.705. The zero-order valence-corrected chi connectivity index (χ0v) is 5.68. The van der Waals surface area contributed by atoms with Gasteiger partial charge in [-0.05, 0) is 12.8 Å². The van der Waals surface area contributed by atoms with Crippen molar-refractivity contribution in [2.45, 2.75) is 12.8 Å². The molecule has 4 heteroatoms. The fraction of sp³-hybridized carbons (Fsp3) is 0.667. The van der Waals surface area contributed by atoms with Crippen LogP contribution >= 0.6 is 0 Å². The Morgan fingerprint density at radius 3 is 2.70 bits per heavy atom. The molecule has 0 unspecified atom stereocenters. The third kappa shape index (κ3) is 0.957. The summed E-state index contributed by atoms with van der Waals surface area (Å²) < 4.78 is 0. The molecule has 0 saturated heterocycles. The molecule has 0 aromatic heterocycles. The van der Waals surface area contributed by atoms with E-state index < -0.39 is 5.41 Å². The van der Waals surface area contributed by atoms with Crippen LogP contribution < -0.4 is 5.48 Å². The first kappa shape index (κ1) is 7.03. The van der Waals surface area contributed by atoms with Gasteiger partial charge in [0.1, 0.15) is 5.41 Å². The van der Waals surface area contributed by atoms with E-state index in [0.29, 0.717) is 12.8 Å². The number of nitrogens with zero attached hydrogens (tertiary/aromatic N) is 1. The molecule has 10 heavy (non-hydrogen) atoms. The Bertz CT molecular complexity index is 190. The highest BCUT2D eigenvalue weighted by Gasteiger charge is 2.50. The largest absolute Gasteiger partial charge is 0.277 e. The Morgan fingerprint density at radius 1 is 1.80 bits per heavy atom. The summed E-state index contributed by atoms with van der Waals surface area (Å²) in [5, 5.41) is 8.49.